The highest BCUT2D eigenvalue weighted by atomic mass is 32.1. The first-order valence-corrected chi connectivity index (χ1v) is 11.3. The molecule has 0 aliphatic carbocycles. The molecule has 3 unspecified atom stereocenters. The number of pyridine rings is 1. The molecule has 0 spiro atoms. The van der Waals surface area contributed by atoms with Gasteiger partial charge in [-0.1, -0.05) is 6.07 Å². The molecule has 0 saturated carbocycles. The van der Waals surface area contributed by atoms with Crippen LogP contribution in [0, 0.1) is 0 Å². The number of rotatable bonds is 4. The number of hydrogen-bond acceptors (Lipinski definition) is 7. The lowest BCUT2D eigenvalue weighted by Crippen LogP contribution is -2.30. The number of carbonyl (C=O) groups excluding carboxylic acids is 1. The Balaban J connectivity index is 1.45. The number of carboxylic acid groups (broad SMARTS) is 1. The van der Waals surface area contributed by atoms with Crippen LogP contribution in [-0.2, 0) is 4.79 Å². The van der Waals surface area contributed by atoms with Crippen LogP contribution in [0.15, 0.2) is 36.5 Å². The molecule has 0 bridgehead atoms. The SMILES string of the molecule is CC1C(C(=O)O)c2ccc(Oc3ccnc4cc(C(=O)N5CCC(O)C5)sc34)cc2N1C. The summed E-state index contributed by atoms with van der Waals surface area (Å²) in [6.07, 6.45) is 1.77. The van der Waals surface area contributed by atoms with E-state index in [1.54, 1.807) is 29.3 Å². The van der Waals surface area contributed by atoms with E-state index >= 15 is 0 Å². The van der Waals surface area contributed by atoms with Crippen molar-refractivity contribution in [3.63, 3.8) is 0 Å². The summed E-state index contributed by atoms with van der Waals surface area (Å²) in [7, 11) is 1.88. The number of aliphatic hydroxyl groups excluding tert-OH is 1. The second-order valence-electron chi connectivity index (χ2n) is 8.32. The highest BCUT2D eigenvalue weighted by molar-refractivity contribution is 7.21. The highest BCUT2D eigenvalue weighted by Crippen LogP contribution is 2.43. The molecule has 1 amide bonds. The van der Waals surface area contributed by atoms with E-state index in [1.165, 1.54) is 11.3 Å². The van der Waals surface area contributed by atoms with E-state index in [0.717, 1.165) is 16.0 Å². The summed E-state index contributed by atoms with van der Waals surface area (Å²) in [4.78, 5) is 33.1. The maximum Gasteiger partial charge on any atom is 0.313 e. The zero-order valence-electron chi connectivity index (χ0n) is 17.7. The van der Waals surface area contributed by atoms with Crippen LogP contribution in [-0.4, -0.2) is 64.3 Å². The number of fused-ring (bicyclic) bond motifs is 2. The first-order valence-electron chi connectivity index (χ1n) is 10.5. The Morgan fingerprint density at radius 1 is 1.25 bits per heavy atom. The molecular formula is C23H23N3O5S. The first kappa shape index (κ1) is 20.7. The summed E-state index contributed by atoms with van der Waals surface area (Å²) >= 11 is 1.32. The second-order valence-corrected chi connectivity index (χ2v) is 9.37. The van der Waals surface area contributed by atoms with E-state index < -0.39 is 18.0 Å². The number of aliphatic hydroxyl groups is 1. The summed E-state index contributed by atoms with van der Waals surface area (Å²) in [6, 6.07) is 8.80. The number of nitrogens with zero attached hydrogens (tertiary/aromatic N) is 3. The number of hydrogen-bond donors (Lipinski definition) is 2. The van der Waals surface area contributed by atoms with Gasteiger partial charge in [-0.25, -0.2) is 0 Å². The lowest BCUT2D eigenvalue weighted by Gasteiger charge is -2.20. The van der Waals surface area contributed by atoms with E-state index in [0.29, 0.717) is 41.4 Å². The molecule has 1 fully saturated rings. The van der Waals surface area contributed by atoms with Crippen molar-refractivity contribution in [2.45, 2.75) is 31.4 Å². The largest absolute Gasteiger partial charge is 0.481 e. The van der Waals surface area contributed by atoms with Crippen LogP contribution in [0.2, 0.25) is 0 Å². The average molecular weight is 454 g/mol. The van der Waals surface area contributed by atoms with Gasteiger partial charge >= 0.3 is 5.97 Å². The van der Waals surface area contributed by atoms with Gasteiger partial charge in [-0.3, -0.25) is 14.6 Å². The molecule has 2 aromatic heterocycles. The van der Waals surface area contributed by atoms with Gasteiger partial charge in [0.1, 0.15) is 17.4 Å². The fraction of sp³-hybridized carbons (Fsp3) is 0.348. The van der Waals surface area contributed by atoms with Crippen molar-refractivity contribution in [2.24, 2.45) is 0 Å². The fourth-order valence-corrected chi connectivity index (χ4v) is 5.54. The van der Waals surface area contributed by atoms with E-state index in [-0.39, 0.29) is 11.9 Å². The summed E-state index contributed by atoms with van der Waals surface area (Å²) in [5.41, 5.74) is 2.28. The summed E-state index contributed by atoms with van der Waals surface area (Å²) < 4.78 is 6.93. The Morgan fingerprint density at radius 2 is 2.06 bits per heavy atom. The minimum atomic E-state index is -0.839. The minimum absolute atomic E-state index is 0.108. The standard InChI is InChI=1S/C23H23N3O5S/c1-12-20(23(29)30)15-4-3-14(9-17(15)25(12)2)31-18-5-7-24-16-10-19(32-21(16)18)22(28)26-8-6-13(27)11-26/h3-5,7,9-10,12-13,20,27H,6,8,11H2,1-2H3,(H,29,30). The van der Waals surface area contributed by atoms with E-state index in [2.05, 4.69) is 4.98 Å². The Kier molecular flexibility index (Phi) is 5.02. The Morgan fingerprint density at radius 3 is 2.78 bits per heavy atom. The molecule has 2 aliphatic rings. The van der Waals surface area contributed by atoms with Gasteiger partial charge in [0, 0.05) is 50.2 Å². The third-order valence-corrected chi connectivity index (χ3v) is 7.47. The van der Waals surface area contributed by atoms with E-state index in [4.69, 9.17) is 4.74 Å². The van der Waals surface area contributed by atoms with Crippen LogP contribution in [0.25, 0.3) is 10.2 Å². The number of aromatic nitrogens is 1. The number of carboxylic acids is 1. The second kappa shape index (κ2) is 7.75. The third-order valence-electron chi connectivity index (χ3n) is 6.34. The molecule has 166 valence electrons. The predicted octanol–water partition coefficient (Wildman–Crippen LogP) is 3.30. The molecule has 2 N–H and O–H groups in total. The Hall–Kier alpha value is -3.17. The van der Waals surface area contributed by atoms with Crippen molar-refractivity contribution in [1.82, 2.24) is 9.88 Å². The molecule has 1 aromatic carbocycles. The van der Waals surface area contributed by atoms with Crippen molar-refractivity contribution in [2.75, 3.05) is 25.0 Å². The number of aliphatic carboxylic acids is 1. The van der Waals surface area contributed by atoms with Gasteiger partial charge in [0.2, 0.25) is 0 Å². The quantitative estimate of drug-likeness (QED) is 0.625. The number of carbonyl (C=O) groups is 2. The number of anilines is 1. The van der Waals surface area contributed by atoms with E-state index in [1.807, 2.05) is 31.0 Å². The van der Waals surface area contributed by atoms with Crippen molar-refractivity contribution >= 4 is 39.1 Å². The molecule has 5 rings (SSSR count). The summed E-state index contributed by atoms with van der Waals surface area (Å²) in [5, 5.41) is 19.3. The molecule has 4 heterocycles. The van der Waals surface area contributed by atoms with Crippen LogP contribution in [0.3, 0.4) is 0 Å². The summed E-state index contributed by atoms with van der Waals surface area (Å²) in [6.45, 7) is 2.79. The van der Waals surface area contributed by atoms with Crippen LogP contribution >= 0.6 is 11.3 Å². The van der Waals surface area contributed by atoms with Gasteiger partial charge in [0.25, 0.3) is 5.91 Å². The third kappa shape index (κ3) is 3.37. The molecule has 0 radical (unpaired) electrons. The number of likely N-dealkylation sites (N-methyl/N-ethyl adjacent to an activating group) is 1. The monoisotopic (exact) mass is 453 g/mol. The van der Waals surface area contributed by atoms with Crippen LogP contribution < -0.4 is 9.64 Å². The molecule has 3 aromatic rings. The van der Waals surface area contributed by atoms with Gasteiger partial charge < -0.3 is 24.7 Å². The van der Waals surface area contributed by atoms with Gasteiger partial charge in [0.05, 0.1) is 21.2 Å². The first-order chi connectivity index (χ1) is 15.3. The zero-order chi connectivity index (χ0) is 22.6. The number of β-amino-alcohol motifs (C(OH)–C–C–N with tert-alkyl or cyclic N) is 1. The number of likely N-dealkylation sites (tertiary alicyclic amines) is 1. The molecule has 8 nitrogen and oxygen atoms in total. The predicted molar refractivity (Wildman–Crippen MR) is 121 cm³/mol. The van der Waals surface area contributed by atoms with Crippen LogP contribution in [0.5, 0.6) is 11.5 Å². The maximum atomic E-state index is 12.8. The minimum Gasteiger partial charge on any atom is -0.481 e. The lowest BCUT2D eigenvalue weighted by atomic mass is 9.96. The fourth-order valence-electron chi connectivity index (χ4n) is 4.51. The lowest BCUT2D eigenvalue weighted by molar-refractivity contribution is -0.139. The number of amides is 1. The van der Waals surface area contributed by atoms with Crippen LogP contribution in [0.1, 0.15) is 34.5 Å². The van der Waals surface area contributed by atoms with Gasteiger partial charge in [-0.05, 0) is 31.0 Å². The number of benzene rings is 1. The van der Waals surface area contributed by atoms with Gasteiger partial charge in [-0.15, -0.1) is 11.3 Å². The average Bonchev–Trinajstić information content (AvgIpc) is 3.45. The molecule has 2 aliphatic heterocycles. The smallest absolute Gasteiger partial charge is 0.313 e. The Bertz CT molecular complexity index is 1230. The topological polar surface area (TPSA) is 103 Å². The molecule has 3 atom stereocenters. The molecular weight excluding hydrogens is 430 g/mol. The van der Waals surface area contributed by atoms with Crippen molar-refractivity contribution in [3.8, 4) is 11.5 Å². The van der Waals surface area contributed by atoms with E-state index in [9.17, 15) is 19.8 Å². The normalized spacial score (nSPS) is 22.4. The molecule has 32 heavy (non-hydrogen) atoms. The number of thiophene rings is 1. The van der Waals surface area contributed by atoms with Crippen molar-refractivity contribution in [3.05, 3.63) is 47.0 Å². The summed E-state index contributed by atoms with van der Waals surface area (Å²) in [5.74, 6) is -0.349. The highest BCUT2D eigenvalue weighted by Gasteiger charge is 2.38. The van der Waals surface area contributed by atoms with Crippen LogP contribution in [0.4, 0.5) is 5.69 Å². The Labute approximate surface area is 188 Å². The molecule has 1 saturated heterocycles. The molecule has 9 heteroatoms. The number of ether oxygens (including phenoxy) is 1. The van der Waals surface area contributed by atoms with Crippen molar-refractivity contribution in [1.29, 1.82) is 0 Å². The maximum absolute atomic E-state index is 12.8. The van der Waals surface area contributed by atoms with Crippen molar-refractivity contribution < 1.29 is 24.5 Å². The van der Waals surface area contributed by atoms with Gasteiger partial charge in [-0.2, -0.15) is 0 Å². The van der Waals surface area contributed by atoms with Gasteiger partial charge in [0.15, 0.2) is 0 Å². The zero-order valence-corrected chi connectivity index (χ0v) is 18.5.